The van der Waals surface area contributed by atoms with Crippen LogP contribution in [0.1, 0.15) is 11.1 Å². The van der Waals surface area contributed by atoms with Gasteiger partial charge in [0.1, 0.15) is 5.75 Å². The molecule has 2 amide bonds. The number of aryl methyl sites for hydroxylation is 1. The second kappa shape index (κ2) is 7.98. The molecule has 5 nitrogen and oxygen atoms in total. The van der Waals surface area contributed by atoms with Crippen LogP contribution >= 0.6 is 0 Å². The lowest BCUT2D eigenvalue weighted by molar-refractivity contribution is -0.123. The number of hydrogen-bond donors (Lipinski definition) is 2. The van der Waals surface area contributed by atoms with Gasteiger partial charge >= 0.3 is 0 Å². The van der Waals surface area contributed by atoms with E-state index in [1.807, 2.05) is 31.2 Å². The van der Waals surface area contributed by atoms with Crippen molar-refractivity contribution in [3.63, 3.8) is 0 Å². The summed E-state index contributed by atoms with van der Waals surface area (Å²) in [6, 6.07) is 14.7. The predicted octanol–water partition coefficient (Wildman–Crippen LogP) is 2.30. The number of nitrogens with one attached hydrogen (secondary N) is 2. The second-order valence-corrected chi connectivity index (χ2v) is 5.22. The maximum Gasteiger partial charge on any atom is 0.243 e. The van der Waals surface area contributed by atoms with Crippen LogP contribution in [0.4, 0.5) is 5.69 Å². The van der Waals surface area contributed by atoms with Crippen LogP contribution in [0.15, 0.2) is 48.5 Å². The maximum atomic E-state index is 11.9. The number of carbonyl (C=O) groups is 2. The van der Waals surface area contributed by atoms with Crippen LogP contribution in [0.25, 0.3) is 0 Å². The number of rotatable bonds is 6. The zero-order chi connectivity index (χ0) is 16.7. The van der Waals surface area contributed by atoms with Crippen molar-refractivity contribution in [2.75, 3.05) is 19.0 Å². The van der Waals surface area contributed by atoms with Crippen molar-refractivity contribution in [1.29, 1.82) is 0 Å². The van der Waals surface area contributed by atoms with Gasteiger partial charge in [0.2, 0.25) is 11.8 Å². The lowest BCUT2D eigenvalue weighted by Crippen LogP contribution is -2.33. The molecule has 0 aliphatic rings. The first-order valence-corrected chi connectivity index (χ1v) is 7.33. The number of amides is 2. The summed E-state index contributed by atoms with van der Waals surface area (Å²) in [7, 11) is 1.58. The summed E-state index contributed by atoms with van der Waals surface area (Å²) in [5.41, 5.74) is 2.69. The lowest BCUT2D eigenvalue weighted by atomic mass is 10.1. The van der Waals surface area contributed by atoms with E-state index in [-0.39, 0.29) is 24.8 Å². The Hall–Kier alpha value is -2.82. The predicted molar refractivity (Wildman–Crippen MR) is 89.5 cm³/mol. The van der Waals surface area contributed by atoms with Crippen molar-refractivity contribution in [1.82, 2.24) is 5.32 Å². The molecule has 0 atom stereocenters. The molecule has 2 aromatic rings. The van der Waals surface area contributed by atoms with Crippen LogP contribution < -0.4 is 15.4 Å². The molecule has 0 aliphatic carbocycles. The molecular formula is C18H20N2O3. The van der Waals surface area contributed by atoms with Gasteiger partial charge in [0.25, 0.3) is 0 Å². The van der Waals surface area contributed by atoms with Crippen molar-refractivity contribution in [2.24, 2.45) is 0 Å². The zero-order valence-corrected chi connectivity index (χ0v) is 13.3. The van der Waals surface area contributed by atoms with Gasteiger partial charge in [-0.2, -0.15) is 0 Å². The second-order valence-electron chi connectivity index (χ2n) is 5.22. The standard InChI is InChI=1S/C18H20N2O3/c1-13-4-3-5-14(10-13)11-17(21)19-12-18(22)20-15-6-8-16(23-2)9-7-15/h3-10H,11-12H2,1-2H3,(H,19,21)(H,20,22). The summed E-state index contributed by atoms with van der Waals surface area (Å²) < 4.78 is 5.05. The van der Waals surface area contributed by atoms with Gasteiger partial charge in [0.15, 0.2) is 0 Å². The monoisotopic (exact) mass is 312 g/mol. The van der Waals surface area contributed by atoms with E-state index in [2.05, 4.69) is 10.6 Å². The number of hydrogen-bond acceptors (Lipinski definition) is 3. The van der Waals surface area contributed by atoms with Crippen LogP contribution in [0.2, 0.25) is 0 Å². The molecule has 0 aliphatic heterocycles. The molecule has 2 aromatic carbocycles. The van der Waals surface area contributed by atoms with E-state index >= 15 is 0 Å². The summed E-state index contributed by atoms with van der Waals surface area (Å²) in [5, 5.41) is 5.33. The van der Waals surface area contributed by atoms with Gasteiger partial charge in [0, 0.05) is 5.69 Å². The molecule has 0 heterocycles. The Balaban J connectivity index is 1.78. The fourth-order valence-corrected chi connectivity index (χ4v) is 2.13. The van der Waals surface area contributed by atoms with Crippen molar-refractivity contribution in [3.8, 4) is 5.75 Å². The third-order valence-electron chi connectivity index (χ3n) is 3.27. The highest BCUT2D eigenvalue weighted by atomic mass is 16.5. The highest BCUT2D eigenvalue weighted by Gasteiger charge is 2.07. The Morgan fingerprint density at radius 2 is 1.78 bits per heavy atom. The maximum absolute atomic E-state index is 11.9. The molecule has 0 aromatic heterocycles. The summed E-state index contributed by atoms with van der Waals surface area (Å²) in [5.74, 6) is 0.266. The van der Waals surface area contributed by atoms with Gasteiger partial charge in [-0.25, -0.2) is 0 Å². The van der Waals surface area contributed by atoms with Gasteiger partial charge in [-0.3, -0.25) is 9.59 Å². The number of ether oxygens (including phenoxy) is 1. The van der Waals surface area contributed by atoms with Crippen molar-refractivity contribution in [2.45, 2.75) is 13.3 Å². The smallest absolute Gasteiger partial charge is 0.243 e. The minimum atomic E-state index is -0.271. The molecule has 0 fully saturated rings. The highest BCUT2D eigenvalue weighted by Crippen LogP contribution is 2.14. The lowest BCUT2D eigenvalue weighted by Gasteiger charge is -2.08. The van der Waals surface area contributed by atoms with E-state index in [1.54, 1.807) is 31.4 Å². The van der Waals surface area contributed by atoms with E-state index in [9.17, 15) is 9.59 Å². The summed E-state index contributed by atoms with van der Waals surface area (Å²) in [4.78, 5) is 23.7. The molecule has 0 unspecified atom stereocenters. The molecule has 0 radical (unpaired) electrons. The Morgan fingerprint density at radius 1 is 1.04 bits per heavy atom. The zero-order valence-electron chi connectivity index (χ0n) is 13.3. The summed E-state index contributed by atoms with van der Waals surface area (Å²) in [6.07, 6.45) is 0.261. The first-order valence-electron chi connectivity index (χ1n) is 7.33. The van der Waals surface area contributed by atoms with Crippen LogP contribution in [0, 0.1) is 6.92 Å². The molecule has 0 bridgehead atoms. The topological polar surface area (TPSA) is 67.4 Å². The molecule has 0 saturated heterocycles. The van der Waals surface area contributed by atoms with E-state index in [4.69, 9.17) is 4.74 Å². The number of benzene rings is 2. The first kappa shape index (κ1) is 16.5. The normalized spacial score (nSPS) is 10.0. The van der Waals surface area contributed by atoms with E-state index < -0.39 is 0 Å². The third-order valence-corrected chi connectivity index (χ3v) is 3.27. The fraction of sp³-hybridized carbons (Fsp3) is 0.222. The van der Waals surface area contributed by atoms with Crippen LogP contribution in [-0.4, -0.2) is 25.5 Å². The van der Waals surface area contributed by atoms with Crippen molar-refractivity contribution in [3.05, 3.63) is 59.7 Å². The van der Waals surface area contributed by atoms with E-state index in [0.717, 1.165) is 16.9 Å². The molecule has 2 N–H and O–H groups in total. The molecule has 120 valence electrons. The average molecular weight is 312 g/mol. The molecule has 5 heteroatoms. The van der Waals surface area contributed by atoms with E-state index in [1.165, 1.54) is 0 Å². The minimum Gasteiger partial charge on any atom is -0.497 e. The Labute approximate surface area is 135 Å². The Morgan fingerprint density at radius 3 is 2.43 bits per heavy atom. The van der Waals surface area contributed by atoms with Gasteiger partial charge < -0.3 is 15.4 Å². The number of methoxy groups -OCH3 is 1. The van der Waals surface area contributed by atoms with Gasteiger partial charge in [-0.15, -0.1) is 0 Å². The molecular weight excluding hydrogens is 292 g/mol. The molecule has 0 spiro atoms. The van der Waals surface area contributed by atoms with Crippen LogP contribution in [0.5, 0.6) is 5.75 Å². The van der Waals surface area contributed by atoms with Crippen LogP contribution in [0.3, 0.4) is 0 Å². The largest absolute Gasteiger partial charge is 0.497 e. The SMILES string of the molecule is COc1ccc(NC(=O)CNC(=O)Cc2cccc(C)c2)cc1. The number of anilines is 1. The van der Waals surface area contributed by atoms with E-state index in [0.29, 0.717) is 5.69 Å². The van der Waals surface area contributed by atoms with Crippen molar-refractivity contribution >= 4 is 17.5 Å². The fourth-order valence-electron chi connectivity index (χ4n) is 2.13. The van der Waals surface area contributed by atoms with Gasteiger partial charge in [0.05, 0.1) is 20.1 Å². The van der Waals surface area contributed by atoms with Gasteiger partial charge in [-0.1, -0.05) is 29.8 Å². The average Bonchev–Trinajstić information content (AvgIpc) is 2.54. The molecule has 23 heavy (non-hydrogen) atoms. The quantitative estimate of drug-likeness (QED) is 0.860. The van der Waals surface area contributed by atoms with Gasteiger partial charge in [-0.05, 0) is 36.8 Å². The Kier molecular flexibility index (Phi) is 5.74. The number of carbonyl (C=O) groups excluding carboxylic acids is 2. The third kappa shape index (κ3) is 5.47. The van der Waals surface area contributed by atoms with Crippen molar-refractivity contribution < 1.29 is 14.3 Å². The summed E-state index contributed by atoms with van der Waals surface area (Å²) in [6.45, 7) is 1.92. The highest BCUT2D eigenvalue weighted by molar-refractivity contribution is 5.94. The summed E-state index contributed by atoms with van der Waals surface area (Å²) >= 11 is 0. The van der Waals surface area contributed by atoms with Crippen LogP contribution in [-0.2, 0) is 16.0 Å². The Bertz CT molecular complexity index is 681. The molecule has 2 rings (SSSR count). The molecule has 0 saturated carbocycles. The first-order chi connectivity index (χ1) is 11.1. The minimum absolute atomic E-state index is 0.0589.